The fourth-order valence-corrected chi connectivity index (χ4v) is 3.59. The number of alkyl halides is 3. The number of aromatic nitrogens is 2. The van der Waals surface area contributed by atoms with Crippen LogP contribution in [0.2, 0.25) is 0 Å². The van der Waals surface area contributed by atoms with Crippen LogP contribution in [0.3, 0.4) is 0 Å². The number of benzene rings is 2. The fourth-order valence-electron chi connectivity index (χ4n) is 2.93. The second-order valence-corrected chi connectivity index (χ2v) is 7.82. The molecule has 0 bridgehead atoms. The SMILES string of the molecule is CCc1ccc(NC(=O)CSc2nc(-c3ccc(OC)c(OC)c3)cc(C(F)(F)F)n2)cc1. The zero-order chi connectivity index (χ0) is 24.0. The van der Waals surface area contributed by atoms with E-state index in [1.165, 1.54) is 20.3 Å². The first-order valence-corrected chi connectivity index (χ1v) is 10.9. The van der Waals surface area contributed by atoms with Crippen LogP contribution in [0.15, 0.2) is 53.7 Å². The Kier molecular flexibility index (Phi) is 7.80. The summed E-state index contributed by atoms with van der Waals surface area (Å²) in [5.41, 5.74) is 1.08. The Bertz CT molecular complexity index is 1120. The molecular formula is C23H22F3N3O3S. The number of nitrogens with zero attached hydrogens (tertiary/aromatic N) is 2. The zero-order valence-corrected chi connectivity index (χ0v) is 19.0. The number of hydrogen-bond acceptors (Lipinski definition) is 6. The summed E-state index contributed by atoms with van der Waals surface area (Å²) in [6, 6.07) is 12.9. The van der Waals surface area contributed by atoms with Gasteiger partial charge in [-0.05, 0) is 48.4 Å². The van der Waals surface area contributed by atoms with Crippen LogP contribution < -0.4 is 14.8 Å². The van der Waals surface area contributed by atoms with E-state index in [1.807, 2.05) is 19.1 Å². The molecule has 1 aromatic heterocycles. The van der Waals surface area contributed by atoms with Gasteiger partial charge in [-0.2, -0.15) is 13.2 Å². The molecular weight excluding hydrogens is 455 g/mol. The number of carbonyl (C=O) groups excluding carboxylic acids is 1. The Hall–Kier alpha value is -3.27. The highest BCUT2D eigenvalue weighted by Crippen LogP contribution is 2.35. The van der Waals surface area contributed by atoms with Crippen LogP contribution in [0.1, 0.15) is 18.2 Å². The number of carbonyl (C=O) groups is 1. The van der Waals surface area contributed by atoms with E-state index in [-0.39, 0.29) is 22.5 Å². The van der Waals surface area contributed by atoms with Crippen LogP contribution in [0.4, 0.5) is 18.9 Å². The molecule has 0 aliphatic carbocycles. The zero-order valence-electron chi connectivity index (χ0n) is 18.2. The van der Waals surface area contributed by atoms with Gasteiger partial charge < -0.3 is 14.8 Å². The quantitative estimate of drug-likeness (QED) is 0.343. The molecule has 0 saturated heterocycles. The van der Waals surface area contributed by atoms with Gasteiger partial charge >= 0.3 is 6.18 Å². The molecule has 0 atom stereocenters. The topological polar surface area (TPSA) is 73.3 Å². The molecule has 0 unspecified atom stereocenters. The molecule has 33 heavy (non-hydrogen) atoms. The van der Waals surface area contributed by atoms with Crippen molar-refractivity contribution in [1.29, 1.82) is 0 Å². The molecule has 6 nitrogen and oxygen atoms in total. The number of amides is 1. The maximum absolute atomic E-state index is 13.5. The molecule has 0 aliphatic heterocycles. The largest absolute Gasteiger partial charge is 0.493 e. The molecule has 0 radical (unpaired) electrons. The third-order valence-corrected chi connectivity index (χ3v) is 5.50. The van der Waals surface area contributed by atoms with E-state index in [0.717, 1.165) is 29.8 Å². The predicted octanol–water partition coefficient (Wildman–Crippen LogP) is 5.47. The fraction of sp³-hybridized carbons (Fsp3) is 0.261. The minimum atomic E-state index is -4.67. The third kappa shape index (κ3) is 6.38. The third-order valence-electron chi connectivity index (χ3n) is 4.65. The molecule has 0 saturated carbocycles. The average molecular weight is 478 g/mol. The highest BCUT2D eigenvalue weighted by molar-refractivity contribution is 7.99. The van der Waals surface area contributed by atoms with Crippen molar-refractivity contribution in [3.63, 3.8) is 0 Å². The Labute approximate surface area is 193 Å². The summed E-state index contributed by atoms with van der Waals surface area (Å²) in [5, 5.41) is 2.55. The van der Waals surface area contributed by atoms with Crippen molar-refractivity contribution >= 4 is 23.4 Å². The first kappa shape index (κ1) is 24.4. The number of hydrogen-bond donors (Lipinski definition) is 1. The second-order valence-electron chi connectivity index (χ2n) is 6.88. The van der Waals surface area contributed by atoms with Gasteiger partial charge in [-0.3, -0.25) is 4.79 Å². The van der Waals surface area contributed by atoms with Crippen LogP contribution in [0, 0.1) is 0 Å². The molecule has 2 aromatic carbocycles. The number of anilines is 1. The number of halogens is 3. The maximum atomic E-state index is 13.5. The van der Waals surface area contributed by atoms with E-state index in [1.54, 1.807) is 24.3 Å². The molecule has 0 fully saturated rings. The minimum absolute atomic E-state index is 0.0522. The van der Waals surface area contributed by atoms with Gasteiger partial charge in [-0.25, -0.2) is 9.97 Å². The summed E-state index contributed by atoms with van der Waals surface area (Å²) in [7, 11) is 2.89. The predicted molar refractivity (Wildman–Crippen MR) is 121 cm³/mol. The molecule has 1 heterocycles. The van der Waals surface area contributed by atoms with E-state index < -0.39 is 11.9 Å². The van der Waals surface area contributed by atoms with Crippen molar-refractivity contribution < 1.29 is 27.4 Å². The van der Waals surface area contributed by atoms with Gasteiger partial charge in [-0.15, -0.1) is 0 Å². The molecule has 1 amide bonds. The maximum Gasteiger partial charge on any atom is 0.433 e. The van der Waals surface area contributed by atoms with E-state index in [0.29, 0.717) is 22.7 Å². The van der Waals surface area contributed by atoms with Crippen LogP contribution >= 0.6 is 11.8 Å². The van der Waals surface area contributed by atoms with Gasteiger partial charge in [0, 0.05) is 11.3 Å². The van der Waals surface area contributed by atoms with E-state index in [2.05, 4.69) is 15.3 Å². The van der Waals surface area contributed by atoms with E-state index in [4.69, 9.17) is 9.47 Å². The summed E-state index contributed by atoms with van der Waals surface area (Å²) in [6.07, 6.45) is -3.80. The molecule has 0 aliphatic rings. The van der Waals surface area contributed by atoms with Crippen LogP contribution in [0.5, 0.6) is 11.5 Å². The molecule has 174 valence electrons. The van der Waals surface area contributed by atoms with Crippen LogP contribution in [0.25, 0.3) is 11.3 Å². The lowest BCUT2D eigenvalue weighted by Crippen LogP contribution is -2.15. The summed E-state index contributed by atoms with van der Waals surface area (Å²) in [5.74, 6) is 0.259. The first-order valence-electron chi connectivity index (χ1n) is 9.93. The molecule has 0 spiro atoms. The average Bonchev–Trinajstić information content (AvgIpc) is 2.82. The summed E-state index contributed by atoms with van der Waals surface area (Å²) in [6.45, 7) is 2.02. The van der Waals surface area contributed by atoms with Crippen LogP contribution in [-0.4, -0.2) is 35.8 Å². The minimum Gasteiger partial charge on any atom is -0.493 e. The lowest BCUT2D eigenvalue weighted by atomic mass is 10.1. The van der Waals surface area contributed by atoms with Gasteiger partial charge in [0.25, 0.3) is 0 Å². The van der Waals surface area contributed by atoms with Crippen molar-refractivity contribution in [2.45, 2.75) is 24.7 Å². The highest BCUT2D eigenvalue weighted by Gasteiger charge is 2.34. The first-order chi connectivity index (χ1) is 15.7. The Balaban J connectivity index is 1.82. The number of rotatable bonds is 8. The molecule has 1 N–H and O–H groups in total. The molecule has 10 heteroatoms. The van der Waals surface area contributed by atoms with Gasteiger partial charge in [0.1, 0.15) is 5.69 Å². The van der Waals surface area contributed by atoms with Gasteiger partial charge in [0.15, 0.2) is 16.7 Å². The van der Waals surface area contributed by atoms with E-state index in [9.17, 15) is 18.0 Å². The molecule has 3 aromatic rings. The number of thioether (sulfide) groups is 1. The standard InChI is InChI=1S/C23H22F3N3O3S/c1-4-14-5-8-16(9-6-14)27-21(30)13-33-22-28-17(12-20(29-22)23(24,25)26)15-7-10-18(31-2)19(11-15)32-3/h5-12H,4,13H2,1-3H3,(H,27,30). The number of methoxy groups -OCH3 is 2. The highest BCUT2D eigenvalue weighted by atomic mass is 32.2. The summed E-state index contributed by atoms with van der Waals surface area (Å²) in [4.78, 5) is 20.1. The van der Waals surface area contributed by atoms with Crippen LogP contribution in [-0.2, 0) is 17.4 Å². The normalized spacial score (nSPS) is 11.2. The summed E-state index contributed by atoms with van der Waals surface area (Å²) < 4.78 is 50.8. The number of nitrogens with one attached hydrogen (secondary N) is 1. The smallest absolute Gasteiger partial charge is 0.433 e. The number of aryl methyl sites for hydroxylation is 1. The monoisotopic (exact) mass is 477 g/mol. The van der Waals surface area contributed by atoms with Gasteiger partial charge in [-0.1, -0.05) is 30.8 Å². The summed E-state index contributed by atoms with van der Waals surface area (Å²) >= 11 is 0.822. The van der Waals surface area contributed by atoms with Crippen molar-refractivity contribution in [1.82, 2.24) is 9.97 Å². The lowest BCUT2D eigenvalue weighted by molar-refractivity contribution is -0.141. The van der Waals surface area contributed by atoms with Crippen molar-refractivity contribution in [2.75, 3.05) is 25.3 Å². The van der Waals surface area contributed by atoms with Gasteiger partial charge in [0.2, 0.25) is 5.91 Å². The Morgan fingerprint density at radius 2 is 1.70 bits per heavy atom. The van der Waals surface area contributed by atoms with Crippen molar-refractivity contribution in [2.24, 2.45) is 0 Å². The van der Waals surface area contributed by atoms with Crippen molar-refractivity contribution in [3.8, 4) is 22.8 Å². The molecule has 3 rings (SSSR count). The van der Waals surface area contributed by atoms with E-state index >= 15 is 0 Å². The number of ether oxygens (including phenoxy) is 2. The Morgan fingerprint density at radius 1 is 1.00 bits per heavy atom. The second kappa shape index (κ2) is 10.6. The van der Waals surface area contributed by atoms with Crippen molar-refractivity contribution in [3.05, 3.63) is 59.8 Å². The van der Waals surface area contributed by atoms with Gasteiger partial charge in [0.05, 0.1) is 25.7 Å². The Morgan fingerprint density at radius 3 is 2.30 bits per heavy atom. The lowest BCUT2D eigenvalue weighted by Gasteiger charge is -2.12.